The molecule has 2 aromatic rings. The minimum atomic E-state index is -0.568. The fourth-order valence-corrected chi connectivity index (χ4v) is 1.83. The van der Waals surface area contributed by atoms with Crippen LogP contribution in [0.4, 0.5) is 14.5 Å². The monoisotopic (exact) mass is 281 g/mol. The molecule has 0 unspecified atom stereocenters. The second kappa shape index (κ2) is 5.36. The van der Waals surface area contributed by atoms with E-state index < -0.39 is 17.5 Å². The minimum Gasteiger partial charge on any atom is -0.322 e. The van der Waals surface area contributed by atoms with E-state index in [1.165, 1.54) is 18.2 Å². The summed E-state index contributed by atoms with van der Waals surface area (Å²) in [6.45, 7) is 1.69. The van der Waals surface area contributed by atoms with Crippen LogP contribution in [0.15, 0.2) is 36.4 Å². The minimum absolute atomic E-state index is 0.0896. The van der Waals surface area contributed by atoms with E-state index >= 15 is 0 Å². The standard InChI is InChI=1S/C14H10ClF2NO/c1-8-4-9(6-10(16)5-8)14(19)18-11-2-3-13(17)12(15)7-11/h2-7H,1H3,(H,18,19). The Balaban J connectivity index is 2.22. The zero-order chi connectivity index (χ0) is 14.0. The van der Waals surface area contributed by atoms with E-state index in [4.69, 9.17) is 11.6 Å². The van der Waals surface area contributed by atoms with Gasteiger partial charge in [0.05, 0.1) is 5.02 Å². The predicted molar refractivity (Wildman–Crippen MR) is 70.5 cm³/mol. The fraction of sp³-hybridized carbons (Fsp3) is 0.0714. The number of benzene rings is 2. The molecule has 0 fully saturated rings. The SMILES string of the molecule is Cc1cc(F)cc(C(=O)Nc2ccc(F)c(Cl)c2)c1. The van der Waals surface area contributed by atoms with Crippen molar-refractivity contribution in [3.05, 3.63) is 64.2 Å². The van der Waals surface area contributed by atoms with Crippen LogP contribution >= 0.6 is 11.6 Å². The highest BCUT2D eigenvalue weighted by Crippen LogP contribution is 2.20. The van der Waals surface area contributed by atoms with E-state index in [1.54, 1.807) is 13.0 Å². The van der Waals surface area contributed by atoms with Gasteiger partial charge in [0.15, 0.2) is 0 Å². The molecule has 98 valence electrons. The van der Waals surface area contributed by atoms with Crippen molar-refractivity contribution < 1.29 is 13.6 Å². The highest BCUT2D eigenvalue weighted by atomic mass is 35.5. The average molecular weight is 282 g/mol. The Kier molecular flexibility index (Phi) is 3.81. The molecule has 0 aliphatic heterocycles. The van der Waals surface area contributed by atoms with Gasteiger partial charge in [-0.3, -0.25) is 4.79 Å². The Bertz CT molecular complexity index is 623. The van der Waals surface area contributed by atoms with Crippen molar-refractivity contribution in [3.8, 4) is 0 Å². The molecular weight excluding hydrogens is 272 g/mol. The number of carbonyl (C=O) groups is 1. The van der Waals surface area contributed by atoms with Crippen LogP contribution in [0, 0.1) is 18.6 Å². The lowest BCUT2D eigenvalue weighted by atomic mass is 10.1. The quantitative estimate of drug-likeness (QED) is 0.879. The van der Waals surface area contributed by atoms with E-state index in [9.17, 15) is 13.6 Å². The van der Waals surface area contributed by atoms with Gasteiger partial charge in [-0.2, -0.15) is 0 Å². The second-order valence-corrected chi connectivity index (χ2v) is 4.51. The lowest BCUT2D eigenvalue weighted by molar-refractivity contribution is 0.102. The molecule has 2 aromatic carbocycles. The van der Waals surface area contributed by atoms with Gasteiger partial charge in [0.25, 0.3) is 5.91 Å². The molecule has 0 saturated carbocycles. The molecule has 0 aromatic heterocycles. The molecule has 5 heteroatoms. The Morgan fingerprint density at radius 1 is 1.16 bits per heavy atom. The molecule has 0 radical (unpaired) electrons. The number of amides is 1. The molecule has 0 bridgehead atoms. The summed E-state index contributed by atoms with van der Waals surface area (Å²) in [6, 6.07) is 7.84. The van der Waals surface area contributed by atoms with Crippen LogP contribution in [0.5, 0.6) is 0 Å². The molecule has 0 saturated heterocycles. The number of halogens is 3. The number of anilines is 1. The largest absolute Gasteiger partial charge is 0.322 e. The van der Waals surface area contributed by atoms with E-state index in [-0.39, 0.29) is 10.6 Å². The van der Waals surface area contributed by atoms with E-state index in [0.29, 0.717) is 11.3 Å². The molecule has 0 spiro atoms. The van der Waals surface area contributed by atoms with Gasteiger partial charge in [-0.05, 0) is 48.9 Å². The highest BCUT2D eigenvalue weighted by Gasteiger charge is 2.09. The summed E-state index contributed by atoms with van der Waals surface area (Å²) in [5.74, 6) is -1.53. The van der Waals surface area contributed by atoms with Gasteiger partial charge in [-0.25, -0.2) is 8.78 Å². The van der Waals surface area contributed by atoms with Gasteiger partial charge in [0.1, 0.15) is 11.6 Å². The summed E-state index contributed by atoms with van der Waals surface area (Å²) in [7, 11) is 0. The van der Waals surface area contributed by atoms with Crippen LogP contribution in [0.25, 0.3) is 0 Å². The molecule has 2 nitrogen and oxygen atoms in total. The fourth-order valence-electron chi connectivity index (χ4n) is 1.64. The first-order valence-corrected chi connectivity index (χ1v) is 5.87. The Morgan fingerprint density at radius 3 is 2.53 bits per heavy atom. The third kappa shape index (κ3) is 3.29. The Morgan fingerprint density at radius 2 is 1.89 bits per heavy atom. The third-order valence-corrected chi connectivity index (χ3v) is 2.77. The lowest BCUT2D eigenvalue weighted by Gasteiger charge is -2.07. The molecule has 2 rings (SSSR count). The molecule has 1 amide bonds. The average Bonchev–Trinajstić information content (AvgIpc) is 2.32. The zero-order valence-corrected chi connectivity index (χ0v) is 10.8. The topological polar surface area (TPSA) is 29.1 Å². The first kappa shape index (κ1) is 13.5. The van der Waals surface area contributed by atoms with E-state index in [0.717, 1.165) is 12.1 Å². The second-order valence-electron chi connectivity index (χ2n) is 4.10. The molecule has 0 atom stereocenters. The van der Waals surface area contributed by atoms with Crippen molar-refractivity contribution in [1.29, 1.82) is 0 Å². The molecule has 0 aliphatic rings. The van der Waals surface area contributed by atoms with Crippen LogP contribution in [0.1, 0.15) is 15.9 Å². The molecule has 19 heavy (non-hydrogen) atoms. The number of nitrogens with one attached hydrogen (secondary N) is 1. The van der Waals surface area contributed by atoms with Crippen LogP contribution in [-0.4, -0.2) is 5.91 Å². The summed E-state index contributed by atoms with van der Waals surface area (Å²) < 4.78 is 26.2. The van der Waals surface area contributed by atoms with Crippen molar-refractivity contribution in [1.82, 2.24) is 0 Å². The van der Waals surface area contributed by atoms with Crippen molar-refractivity contribution >= 4 is 23.2 Å². The number of hydrogen-bond acceptors (Lipinski definition) is 1. The van der Waals surface area contributed by atoms with Crippen molar-refractivity contribution in [2.24, 2.45) is 0 Å². The maximum absolute atomic E-state index is 13.2. The highest BCUT2D eigenvalue weighted by molar-refractivity contribution is 6.31. The van der Waals surface area contributed by atoms with Gasteiger partial charge in [0, 0.05) is 11.3 Å². The Labute approximate surface area is 114 Å². The number of rotatable bonds is 2. The summed E-state index contributed by atoms with van der Waals surface area (Å²) in [5, 5.41) is 2.43. The van der Waals surface area contributed by atoms with Crippen molar-refractivity contribution in [2.45, 2.75) is 6.92 Å². The smallest absolute Gasteiger partial charge is 0.255 e. The first-order chi connectivity index (χ1) is 8.95. The maximum Gasteiger partial charge on any atom is 0.255 e. The maximum atomic E-state index is 13.2. The van der Waals surface area contributed by atoms with Crippen LogP contribution in [0.2, 0.25) is 5.02 Å². The lowest BCUT2D eigenvalue weighted by Crippen LogP contribution is -2.12. The van der Waals surface area contributed by atoms with E-state index in [2.05, 4.69) is 5.32 Å². The number of carbonyl (C=O) groups excluding carboxylic acids is 1. The van der Waals surface area contributed by atoms with Crippen molar-refractivity contribution in [3.63, 3.8) is 0 Å². The van der Waals surface area contributed by atoms with Gasteiger partial charge in [0.2, 0.25) is 0 Å². The van der Waals surface area contributed by atoms with Gasteiger partial charge in [-0.1, -0.05) is 11.6 Å². The summed E-state index contributed by atoms with van der Waals surface area (Å²) in [5.41, 5.74) is 1.18. The predicted octanol–water partition coefficient (Wildman–Crippen LogP) is 4.18. The van der Waals surface area contributed by atoms with Crippen molar-refractivity contribution in [2.75, 3.05) is 5.32 Å². The summed E-state index contributed by atoms with van der Waals surface area (Å²) in [6.07, 6.45) is 0. The first-order valence-electron chi connectivity index (χ1n) is 5.49. The molecule has 0 aliphatic carbocycles. The normalized spacial score (nSPS) is 10.3. The van der Waals surface area contributed by atoms with Crippen LogP contribution in [0.3, 0.4) is 0 Å². The third-order valence-electron chi connectivity index (χ3n) is 2.48. The molecule has 0 heterocycles. The summed E-state index contributed by atoms with van der Waals surface area (Å²) in [4.78, 5) is 11.9. The number of hydrogen-bond donors (Lipinski definition) is 1. The van der Waals surface area contributed by atoms with Gasteiger partial charge < -0.3 is 5.32 Å². The molecule has 1 N–H and O–H groups in total. The van der Waals surface area contributed by atoms with Gasteiger partial charge >= 0.3 is 0 Å². The summed E-state index contributed by atoms with van der Waals surface area (Å²) >= 11 is 5.61. The number of aryl methyl sites for hydroxylation is 1. The van der Waals surface area contributed by atoms with Crippen LogP contribution in [-0.2, 0) is 0 Å². The van der Waals surface area contributed by atoms with E-state index in [1.807, 2.05) is 0 Å². The van der Waals surface area contributed by atoms with Crippen LogP contribution < -0.4 is 5.32 Å². The van der Waals surface area contributed by atoms with Gasteiger partial charge in [-0.15, -0.1) is 0 Å². The molecular formula is C14H10ClF2NO. The Hall–Kier alpha value is -1.94. The zero-order valence-electron chi connectivity index (χ0n) is 10.0.